The Morgan fingerprint density at radius 1 is 1.04 bits per heavy atom. The van der Waals surface area contributed by atoms with Crippen molar-refractivity contribution >= 4 is 0 Å². The third-order valence-corrected chi connectivity index (χ3v) is 6.01. The van der Waals surface area contributed by atoms with E-state index >= 15 is 0 Å². The molecule has 1 aromatic carbocycles. The number of hydrogen-bond acceptors (Lipinski definition) is 3. The zero-order chi connectivity index (χ0) is 15.7. The molecule has 2 aromatic rings. The van der Waals surface area contributed by atoms with E-state index in [2.05, 4.69) is 52.2 Å². The molecule has 122 valence electrons. The first-order valence-corrected chi connectivity index (χ1v) is 8.88. The van der Waals surface area contributed by atoms with Crippen molar-refractivity contribution in [2.45, 2.75) is 56.5 Å². The molecule has 2 heterocycles. The molecule has 0 spiro atoms. The fourth-order valence-corrected chi connectivity index (χ4v) is 4.55. The molecule has 4 heteroatoms. The van der Waals surface area contributed by atoms with Gasteiger partial charge in [-0.1, -0.05) is 37.3 Å². The third kappa shape index (κ3) is 2.92. The van der Waals surface area contributed by atoms with E-state index in [0.29, 0.717) is 11.5 Å². The van der Waals surface area contributed by atoms with Gasteiger partial charge in [0.2, 0.25) is 0 Å². The number of nitrogens with zero attached hydrogens (tertiary/aromatic N) is 4. The highest BCUT2D eigenvalue weighted by atomic mass is 15.3. The Bertz CT molecular complexity index is 616. The van der Waals surface area contributed by atoms with Crippen LogP contribution in [0.1, 0.15) is 50.6 Å². The van der Waals surface area contributed by atoms with Crippen LogP contribution < -0.4 is 0 Å². The second-order valence-corrected chi connectivity index (χ2v) is 7.47. The molecule has 0 N–H and O–H groups in total. The van der Waals surface area contributed by atoms with E-state index in [1.807, 2.05) is 11.0 Å². The van der Waals surface area contributed by atoms with Crippen LogP contribution >= 0.6 is 0 Å². The first-order valence-electron chi connectivity index (χ1n) is 8.88. The van der Waals surface area contributed by atoms with Crippen molar-refractivity contribution in [1.82, 2.24) is 19.7 Å². The molecule has 1 saturated heterocycles. The van der Waals surface area contributed by atoms with Crippen LogP contribution in [0.25, 0.3) is 0 Å². The van der Waals surface area contributed by atoms with Crippen molar-refractivity contribution in [1.29, 1.82) is 0 Å². The van der Waals surface area contributed by atoms with Crippen molar-refractivity contribution in [2.24, 2.45) is 0 Å². The number of piperidine rings is 1. The Kier molecular flexibility index (Phi) is 3.93. The summed E-state index contributed by atoms with van der Waals surface area (Å²) in [6.07, 6.45) is 9.84. The molecule has 23 heavy (non-hydrogen) atoms. The minimum Gasteiger partial charge on any atom is -0.300 e. The molecule has 1 aliphatic carbocycles. The lowest BCUT2D eigenvalue weighted by molar-refractivity contribution is 0.129. The van der Waals surface area contributed by atoms with Crippen LogP contribution in [-0.4, -0.2) is 38.8 Å². The van der Waals surface area contributed by atoms with Gasteiger partial charge in [-0.3, -0.25) is 0 Å². The largest absolute Gasteiger partial charge is 0.300 e. The highest BCUT2D eigenvalue weighted by molar-refractivity contribution is 5.26. The zero-order valence-electron chi connectivity index (χ0n) is 13.9. The molecule has 1 aliphatic heterocycles. The predicted molar refractivity (Wildman–Crippen MR) is 91.3 cm³/mol. The average molecular weight is 310 g/mol. The molecule has 1 aromatic heterocycles. The van der Waals surface area contributed by atoms with Gasteiger partial charge in [0.1, 0.15) is 12.7 Å². The van der Waals surface area contributed by atoms with Crippen LogP contribution in [0.2, 0.25) is 0 Å². The smallest absolute Gasteiger partial charge is 0.137 e. The summed E-state index contributed by atoms with van der Waals surface area (Å²) in [7, 11) is 0. The molecule has 0 radical (unpaired) electrons. The summed E-state index contributed by atoms with van der Waals surface area (Å²) in [6.45, 7) is 4.84. The topological polar surface area (TPSA) is 34.0 Å². The van der Waals surface area contributed by atoms with Crippen LogP contribution in [0.3, 0.4) is 0 Å². The summed E-state index contributed by atoms with van der Waals surface area (Å²) < 4.78 is 2.04. The number of benzene rings is 1. The Labute approximate surface area is 138 Å². The second-order valence-electron chi connectivity index (χ2n) is 7.47. The Morgan fingerprint density at radius 2 is 1.83 bits per heavy atom. The van der Waals surface area contributed by atoms with E-state index in [1.165, 1.54) is 50.8 Å². The van der Waals surface area contributed by atoms with Gasteiger partial charge in [0.25, 0.3) is 0 Å². The van der Waals surface area contributed by atoms with Crippen LogP contribution in [-0.2, 0) is 5.41 Å². The molecular formula is C19H26N4. The number of hydrogen-bond donors (Lipinski definition) is 0. The van der Waals surface area contributed by atoms with Gasteiger partial charge in [-0.15, -0.1) is 0 Å². The number of aromatic nitrogens is 3. The maximum atomic E-state index is 4.31. The fourth-order valence-electron chi connectivity index (χ4n) is 4.55. The molecule has 2 fully saturated rings. The van der Waals surface area contributed by atoms with Crippen molar-refractivity contribution in [3.05, 3.63) is 48.5 Å². The standard InChI is InChI=1S/C19H26N4/c1-19(16-5-3-2-4-6-16)10-7-18(13-19)22-11-8-17(9-12-22)23-15-20-14-21-23/h2-6,14-15,17-18H,7-13H2,1H3/t18-,19-/m0/s1. The highest BCUT2D eigenvalue weighted by Crippen LogP contribution is 2.43. The zero-order valence-corrected chi connectivity index (χ0v) is 13.9. The van der Waals surface area contributed by atoms with Gasteiger partial charge in [0.15, 0.2) is 0 Å². The van der Waals surface area contributed by atoms with E-state index in [0.717, 1.165) is 6.04 Å². The van der Waals surface area contributed by atoms with Crippen molar-refractivity contribution in [2.75, 3.05) is 13.1 Å². The van der Waals surface area contributed by atoms with E-state index in [1.54, 1.807) is 6.33 Å². The van der Waals surface area contributed by atoms with E-state index in [-0.39, 0.29) is 0 Å². The van der Waals surface area contributed by atoms with Crippen LogP contribution in [0.15, 0.2) is 43.0 Å². The maximum absolute atomic E-state index is 4.31. The molecule has 4 nitrogen and oxygen atoms in total. The molecule has 0 bridgehead atoms. The van der Waals surface area contributed by atoms with Crippen LogP contribution in [0.4, 0.5) is 0 Å². The quantitative estimate of drug-likeness (QED) is 0.871. The minimum atomic E-state index is 0.356. The molecule has 0 unspecified atom stereocenters. The van der Waals surface area contributed by atoms with E-state index in [9.17, 15) is 0 Å². The summed E-state index contributed by atoms with van der Waals surface area (Å²) in [4.78, 5) is 6.81. The normalized spacial score (nSPS) is 29.9. The molecule has 2 aliphatic rings. The summed E-state index contributed by atoms with van der Waals surface area (Å²) in [6, 6.07) is 12.4. The van der Waals surface area contributed by atoms with E-state index < -0.39 is 0 Å². The Hall–Kier alpha value is -1.68. The van der Waals surface area contributed by atoms with Crippen molar-refractivity contribution in [3.63, 3.8) is 0 Å². The first kappa shape index (κ1) is 14.9. The second kappa shape index (κ2) is 6.08. The summed E-state index contributed by atoms with van der Waals surface area (Å²) in [5, 5.41) is 4.31. The van der Waals surface area contributed by atoms with Gasteiger partial charge in [-0.25, -0.2) is 9.67 Å². The van der Waals surface area contributed by atoms with Crippen LogP contribution in [0, 0.1) is 0 Å². The van der Waals surface area contributed by atoms with E-state index in [4.69, 9.17) is 0 Å². The first-order chi connectivity index (χ1) is 11.2. The summed E-state index contributed by atoms with van der Waals surface area (Å²) in [5.41, 5.74) is 1.87. The van der Waals surface area contributed by atoms with Gasteiger partial charge in [-0.2, -0.15) is 5.10 Å². The monoisotopic (exact) mass is 310 g/mol. The van der Waals surface area contributed by atoms with Crippen molar-refractivity contribution < 1.29 is 0 Å². The summed E-state index contributed by atoms with van der Waals surface area (Å²) >= 11 is 0. The Balaban J connectivity index is 1.38. The maximum Gasteiger partial charge on any atom is 0.137 e. The molecule has 4 rings (SSSR count). The van der Waals surface area contributed by atoms with Gasteiger partial charge in [0.05, 0.1) is 6.04 Å². The molecule has 0 amide bonds. The lowest BCUT2D eigenvalue weighted by atomic mass is 9.81. The summed E-state index contributed by atoms with van der Waals surface area (Å²) in [5.74, 6) is 0. The van der Waals surface area contributed by atoms with Gasteiger partial charge >= 0.3 is 0 Å². The highest BCUT2D eigenvalue weighted by Gasteiger charge is 2.39. The number of rotatable bonds is 3. The lowest BCUT2D eigenvalue weighted by Crippen LogP contribution is -2.41. The van der Waals surface area contributed by atoms with Crippen LogP contribution in [0.5, 0.6) is 0 Å². The molecular weight excluding hydrogens is 284 g/mol. The average Bonchev–Trinajstić information content (AvgIpc) is 3.27. The number of likely N-dealkylation sites (tertiary alicyclic amines) is 1. The lowest BCUT2D eigenvalue weighted by Gasteiger charge is -2.36. The third-order valence-electron chi connectivity index (χ3n) is 6.01. The van der Waals surface area contributed by atoms with Gasteiger partial charge < -0.3 is 4.90 Å². The predicted octanol–water partition coefficient (Wildman–Crippen LogP) is 3.43. The molecule has 1 saturated carbocycles. The van der Waals surface area contributed by atoms with Gasteiger partial charge in [0, 0.05) is 19.1 Å². The minimum absolute atomic E-state index is 0.356. The SMILES string of the molecule is C[C@]1(c2ccccc2)CC[C@H](N2CCC(n3cncn3)CC2)C1. The molecule has 2 atom stereocenters. The van der Waals surface area contributed by atoms with Crippen molar-refractivity contribution in [3.8, 4) is 0 Å². The Morgan fingerprint density at radius 3 is 2.52 bits per heavy atom. The van der Waals surface area contributed by atoms with Gasteiger partial charge in [-0.05, 0) is 43.1 Å². The fraction of sp³-hybridized carbons (Fsp3) is 0.579.